The minimum atomic E-state index is -0.376. The molecule has 3 aromatic rings. The molecule has 1 aliphatic rings. The Kier molecular flexibility index (Phi) is 6.82. The van der Waals surface area contributed by atoms with Crippen molar-refractivity contribution in [1.82, 2.24) is 19.8 Å². The average molecular weight is 451 g/mol. The number of carbonyl (C=O) groups excluding carboxylic acids is 1. The Hall–Kier alpha value is -3.23. The summed E-state index contributed by atoms with van der Waals surface area (Å²) in [5.74, 6) is -0.376. The first-order valence-corrected chi connectivity index (χ1v) is 10.9. The number of pyridine rings is 1. The second-order valence-electron chi connectivity index (χ2n) is 7.48. The van der Waals surface area contributed by atoms with Gasteiger partial charge in [-0.2, -0.15) is 0 Å². The van der Waals surface area contributed by atoms with Crippen molar-refractivity contribution < 1.29 is 14.3 Å². The average Bonchev–Trinajstić information content (AvgIpc) is 3.43. The second-order valence-corrected chi connectivity index (χ2v) is 7.86. The fourth-order valence-electron chi connectivity index (χ4n) is 4.17. The van der Waals surface area contributed by atoms with Crippen LogP contribution in [0.5, 0.6) is 0 Å². The molecule has 0 bridgehead atoms. The molecule has 2 atom stereocenters. The molecule has 7 nitrogen and oxygen atoms in total. The van der Waals surface area contributed by atoms with E-state index in [1.54, 1.807) is 19.4 Å². The quantitative estimate of drug-likeness (QED) is 0.319. The summed E-state index contributed by atoms with van der Waals surface area (Å²) in [7, 11) is 3.09. The molecule has 1 N–H and O–H groups in total. The Labute approximate surface area is 193 Å². The van der Waals surface area contributed by atoms with E-state index in [4.69, 9.17) is 21.7 Å². The number of hydrogen-bond donors (Lipinski definition) is 1. The van der Waals surface area contributed by atoms with Crippen molar-refractivity contribution in [3.05, 3.63) is 83.9 Å². The number of thiocarbonyl (C=S) groups is 1. The number of methoxy groups -OCH3 is 2. The SMILES string of the molecule is COCCCN1C(=S)NC(c2ccccn2)C1c1cccn1-c1ccccc1C(=O)OC. The number of esters is 1. The topological polar surface area (TPSA) is 68.6 Å². The number of benzene rings is 1. The summed E-state index contributed by atoms with van der Waals surface area (Å²) < 4.78 is 12.3. The zero-order valence-electron chi connectivity index (χ0n) is 18.1. The summed E-state index contributed by atoms with van der Waals surface area (Å²) in [6.45, 7) is 1.38. The van der Waals surface area contributed by atoms with Gasteiger partial charge in [0.25, 0.3) is 0 Å². The van der Waals surface area contributed by atoms with Gasteiger partial charge in [-0.3, -0.25) is 4.98 Å². The van der Waals surface area contributed by atoms with E-state index < -0.39 is 0 Å². The highest BCUT2D eigenvalue weighted by atomic mass is 32.1. The Balaban J connectivity index is 1.80. The third-order valence-electron chi connectivity index (χ3n) is 5.60. The lowest BCUT2D eigenvalue weighted by Crippen LogP contribution is -2.32. The molecule has 1 fully saturated rings. The van der Waals surface area contributed by atoms with Crippen LogP contribution < -0.4 is 5.32 Å². The molecule has 2 unspecified atom stereocenters. The number of ether oxygens (including phenoxy) is 2. The smallest absolute Gasteiger partial charge is 0.339 e. The van der Waals surface area contributed by atoms with Crippen LogP contribution in [0.25, 0.3) is 5.69 Å². The van der Waals surface area contributed by atoms with Crippen LogP contribution in [0.4, 0.5) is 0 Å². The normalized spacial score (nSPS) is 17.9. The lowest BCUT2D eigenvalue weighted by molar-refractivity contribution is 0.0600. The van der Waals surface area contributed by atoms with Gasteiger partial charge in [-0.15, -0.1) is 0 Å². The van der Waals surface area contributed by atoms with Crippen molar-refractivity contribution in [1.29, 1.82) is 0 Å². The van der Waals surface area contributed by atoms with E-state index in [9.17, 15) is 4.79 Å². The predicted molar refractivity (Wildman–Crippen MR) is 126 cm³/mol. The van der Waals surface area contributed by atoms with Gasteiger partial charge in [-0.1, -0.05) is 18.2 Å². The Morgan fingerprint density at radius 3 is 2.69 bits per heavy atom. The monoisotopic (exact) mass is 450 g/mol. The molecular weight excluding hydrogens is 424 g/mol. The van der Waals surface area contributed by atoms with Gasteiger partial charge in [0.1, 0.15) is 0 Å². The summed E-state index contributed by atoms with van der Waals surface area (Å²) in [6, 6.07) is 17.1. The third-order valence-corrected chi connectivity index (χ3v) is 5.95. The van der Waals surface area contributed by atoms with Crippen LogP contribution in [0.2, 0.25) is 0 Å². The van der Waals surface area contributed by atoms with E-state index in [1.807, 2.05) is 53.2 Å². The lowest BCUT2D eigenvalue weighted by Gasteiger charge is -2.29. The summed E-state index contributed by atoms with van der Waals surface area (Å²) in [5.41, 5.74) is 3.17. The van der Waals surface area contributed by atoms with Crippen molar-refractivity contribution in [2.45, 2.75) is 18.5 Å². The van der Waals surface area contributed by atoms with Crippen molar-refractivity contribution in [3.8, 4) is 5.69 Å². The van der Waals surface area contributed by atoms with Crippen LogP contribution in [0.3, 0.4) is 0 Å². The Morgan fingerprint density at radius 2 is 1.94 bits per heavy atom. The molecule has 1 aromatic carbocycles. The zero-order chi connectivity index (χ0) is 22.5. The highest BCUT2D eigenvalue weighted by Crippen LogP contribution is 2.39. The Morgan fingerprint density at radius 1 is 1.12 bits per heavy atom. The highest BCUT2D eigenvalue weighted by molar-refractivity contribution is 7.80. The van der Waals surface area contributed by atoms with E-state index in [1.165, 1.54) is 7.11 Å². The van der Waals surface area contributed by atoms with Crippen LogP contribution in [-0.2, 0) is 9.47 Å². The molecule has 0 spiro atoms. The number of carbonyl (C=O) groups is 1. The van der Waals surface area contributed by atoms with Crippen molar-refractivity contribution in [2.75, 3.05) is 27.4 Å². The molecule has 166 valence electrons. The minimum absolute atomic E-state index is 0.116. The van der Waals surface area contributed by atoms with Crippen LogP contribution in [0.1, 0.15) is 40.3 Å². The molecular formula is C24H26N4O3S. The van der Waals surface area contributed by atoms with Crippen LogP contribution in [0, 0.1) is 0 Å². The molecule has 0 saturated carbocycles. The Bertz CT molecular complexity index is 1090. The van der Waals surface area contributed by atoms with Crippen LogP contribution in [0.15, 0.2) is 67.0 Å². The van der Waals surface area contributed by atoms with Gasteiger partial charge in [0.2, 0.25) is 0 Å². The summed E-state index contributed by atoms with van der Waals surface area (Å²) in [6.07, 6.45) is 4.58. The van der Waals surface area contributed by atoms with E-state index in [0.717, 1.165) is 30.0 Å². The molecule has 32 heavy (non-hydrogen) atoms. The zero-order valence-corrected chi connectivity index (χ0v) is 18.9. The van der Waals surface area contributed by atoms with Crippen molar-refractivity contribution in [3.63, 3.8) is 0 Å². The first kappa shape index (κ1) is 22.0. The van der Waals surface area contributed by atoms with E-state index >= 15 is 0 Å². The fraction of sp³-hybridized carbons (Fsp3) is 0.292. The fourth-order valence-corrected chi connectivity index (χ4v) is 4.50. The number of aromatic nitrogens is 2. The molecule has 0 amide bonds. The van der Waals surface area contributed by atoms with Crippen LogP contribution >= 0.6 is 12.2 Å². The number of rotatable bonds is 8. The first-order chi connectivity index (χ1) is 15.7. The summed E-state index contributed by atoms with van der Waals surface area (Å²) >= 11 is 5.73. The number of hydrogen-bond acceptors (Lipinski definition) is 5. The molecule has 8 heteroatoms. The minimum Gasteiger partial charge on any atom is -0.465 e. The predicted octanol–water partition coefficient (Wildman–Crippen LogP) is 3.67. The van der Waals surface area contributed by atoms with Gasteiger partial charge in [-0.25, -0.2) is 4.79 Å². The highest BCUT2D eigenvalue weighted by Gasteiger charge is 2.41. The van der Waals surface area contributed by atoms with Crippen molar-refractivity contribution >= 4 is 23.3 Å². The van der Waals surface area contributed by atoms with E-state index in [2.05, 4.69) is 21.3 Å². The third kappa shape index (κ3) is 4.24. The van der Waals surface area contributed by atoms with E-state index in [0.29, 0.717) is 17.3 Å². The number of nitrogens with zero attached hydrogens (tertiary/aromatic N) is 3. The van der Waals surface area contributed by atoms with Crippen molar-refractivity contribution in [2.24, 2.45) is 0 Å². The maximum Gasteiger partial charge on any atom is 0.339 e. The largest absolute Gasteiger partial charge is 0.465 e. The molecule has 2 aromatic heterocycles. The van der Waals surface area contributed by atoms with Gasteiger partial charge in [0, 0.05) is 38.3 Å². The maximum atomic E-state index is 12.4. The maximum absolute atomic E-state index is 12.4. The molecule has 1 saturated heterocycles. The first-order valence-electron chi connectivity index (χ1n) is 10.5. The number of para-hydroxylation sites is 1. The summed E-state index contributed by atoms with van der Waals surface area (Å²) in [4.78, 5) is 19.2. The molecule has 1 aliphatic heterocycles. The van der Waals surface area contributed by atoms with Gasteiger partial charge < -0.3 is 24.3 Å². The molecule has 0 aliphatic carbocycles. The standard InChI is InChI=1S/C24H26N4O3S/c1-30-16-8-15-28-22(21(26-24(28)32)18-10-5-6-13-25-18)20-12-7-14-27(20)19-11-4-3-9-17(19)23(29)31-2/h3-7,9-14,21-22H,8,15-16H2,1-2H3,(H,26,32). The van der Waals surface area contributed by atoms with Gasteiger partial charge in [-0.05, 0) is 55.0 Å². The van der Waals surface area contributed by atoms with Gasteiger partial charge in [0.15, 0.2) is 5.11 Å². The van der Waals surface area contributed by atoms with Gasteiger partial charge in [0.05, 0.1) is 36.1 Å². The van der Waals surface area contributed by atoms with Gasteiger partial charge >= 0.3 is 5.97 Å². The molecule has 4 rings (SSSR count). The van der Waals surface area contributed by atoms with E-state index in [-0.39, 0.29) is 18.1 Å². The second kappa shape index (κ2) is 9.93. The van der Waals surface area contributed by atoms with Crippen LogP contribution in [-0.4, -0.2) is 52.9 Å². The molecule has 0 radical (unpaired) electrons. The lowest BCUT2D eigenvalue weighted by atomic mass is 10.0. The molecule has 3 heterocycles. The number of nitrogens with one attached hydrogen (secondary N) is 1. The summed E-state index contributed by atoms with van der Waals surface area (Å²) in [5, 5.41) is 4.14.